The number of phenols is 1. The first-order valence-corrected chi connectivity index (χ1v) is 8.51. The summed E-state index contributed by atoms with van der Waals surface area (Å²) >= 11 is 5.35. The lowest BCUT2D eigenvalue weighted by atomic mass is 10.1. The third-order valence-electron chi connectivity index (χ3n) is 3.61. The van der Waals surface area contributed by atoms with E-state index in [4.69, 9.17) is 0 Å². The highest BCUT2D eigenvalue weighted by Crippen LogP contribution is 2.44. The zero-order chi connectivity index (χ0) is 17.1. The molecule has 8 heteroatoms. The summed E-state index contributed by atoms with van der Waals surface area (Å²) in [6.07, 6.45) is -0.174. The van der Waals surface area contributed by atoms with Gasteiger partial charge in [0, 0.05) is 17.7 Å². The largest absolute Gasteiger partial charge is 0.508 e. The molecule has 1 aromatic rings. The quantitative estimate of drug-likeness (QED) is 0.696. The van der Waals surface area contributed by atoms with E-state index in [-0.39, 0.29) is 23.7 Å². The second-order valence-electron chi connectivity index (χ2n) is 5.23. The number of carbonyl (C=O) groups is 3. The first kappa shape index (κ1) is 17.7. The summed E-state index contributed by atoms with van der Waals surface area (Å²) in [7, 11) is 0. The van der Waals surface area contributed by atoms with Crippen molar-refractivity contribution in [2.45, 2.75) is 30.0 Å². The summed E-state index contributed by atoms with van der Waals surface area (Å²) in [4.78, 5) is 36.5. The SMILES string of the molecule is CC(=O)C(S)CC(=O)N1[C@@H](c2ccccc2O)SC[C@H]1C(=O)O. The molecule has 1 saturated heterocycles. The Morgan fingerprint density at radius 3 is 2.61 bits per heavy atom. The molecule has 23 heavy (non-hydrogen) atoms. The maximum absolute atomic E-state index is 12.5. The lowest BCUT2D eigenvalue weighted by Crippen LogP contribution is -2.44. The molecular formula is C15H17NO5S2. The Kier molecular flexibility index (Phi) is 5.59. The van der Waals surface area contributed by atoms with E-state index < -0.39 is 28.5 Å². The molecule has 6 nitrogen and oxygen atoms in total. The highest BCUT2D eigenvalue weighted by atomic mass is 32.2. The fourth-order valence-corrected chi connectivity index (χ4v) is 3.98. The van der Waals surface area contributed by atoms with Crippen LogP contribution in [0.25, 0.3) is 0 Å². The van der Waals surface area contributed by atoms with Gasteiger partial charge in [-0.2, -0.15) is 12.6 Å². The van der Waals surface area contributed by atoms with Crippen LogP contribution in [0.1, 0.15) is 24.3 Å². The van der Waals surface area contributed by atoms with Crippen LogP contribution in [-0.4, -0.2) is 49.8 Å². The lowest BCUT2D eigenvalue weighted by Gasteiger charge is -2.28. The highest BCUT2D eigenvalue weighted by Gasteiger charge is 2.43. The van der Waals surface area contributed by atoms with Crippen LogP contribution in [0.3, 0.4) is 0 Å². The minimum Gasteiger partial charge on any atom is -0.508 e. The fraction of sp³-hybridized carbons (Fsp3) is 0.400. The van der Waals surface area contributed by atoms with E-state index in [0.29, 0.717) is 5.56 Å². The average molecular weight is 355 g/mol. The first-order chi connectivity index (χ1) is 10.8. The third kappa shape index (κ3) is 3.81. The minimum absolute atomic E-state index is 0.00262. The van der Waals surface area contributed by atoms with Gasteiger partial charge in [-0.1, -0.05) is 18.2 Å². The third-order valence-corrected chi connectivity index (χ3v) is 5.46. The Morgan fingerprint density at radius 1 is 1.39 bits per heavy atom. The van der Waals surface area contributed by atoms with E-state index in [1.807, 2.05) is 0 Å². The molecule has 0 spiro atoms. The van der Waals surface area contributed by atoms with Gasteiger partial charge in [-0.05, 0) is 13.0 Å². The van der Waals surface area contributed by atoms with Crippen molar-refractivity contribution < 1.29 is 24.6 Å². The zero-order valence-corrected chi connectivity index (χ0v) is 14.1. The van der Waals surface area contributed by atoms with Crippen molar-refractivity contribution in [3.05, 3.63) is 29.8 Å². The van der Waals surface area contributed by atoms with Gasteiger partial charge in [-0.15, -0.1) is 11.8 Å². The molecule has 124 valence electrons. The monoisotopic (exact) mass is 355 g/mol. The predicted molar refractivity (Wildman–Crippen MR) is 89.6 cm³/mol. The molecule has 1 fully saturated rings. The number of nitrogens with zero attached hydrogens (tertiary/aromatic N) is 1. The number of para-hydroxylation sites is 1. The summed E-state index contributed by atoms with van der Waals surface area (Å²) in [5.74, 6) is -1.60. The fourth-order valence-electron chi connectivity index (χ4n) is 2.35. The number of phenolic OH excluding ortho intramolecular Hbond substituents is 1. The van der Waals surface area contributed by atoms with E-state index >= 15 is 0 Å². The van der Waals surface area contributed by atoms with Crippen molar-refractivity contribution >= 4 is 42.1 Å². The number of benzene rings is 1. The number of carbonyl (C=O) groups excluding carboxylic acids is 2. The molecule has 0 aliphatic carbocycles. The van der Waals surface area contributed by atoms with Gasteiger partial charge in [0.1, 0.15) is 22.9 Å². The van der Waals surface area contributed by atoms with Crippen LogP contribution in [0, 0.1) is 0 Å². The van der Waals surface area contributed by atoms with Crippen LogP contribution >= 0.6 is 24.4 Å². The van der Waals surface area contributed by atoms with Crippen molar-refractivity contribution in [1.82, 2.24) is 4.90 Å². The Labute approximate surface area is 143 Å². The highest BCUT2D eigenvalue weighted by molar-refractivity contribution is 7.99. The maximum atomic E-state index is 12.5. The molecule has 2 rings (SSSR count). The number of ketones is 1. The zero-order valence-electron chi connectivity index (χ0n) is 12.4. The second kappa shape index (κ2) is 7.27. The smallest absolute Gasteiger partial charge is 0.327 e. The number of hydrogen-bond acceptors (Lipinski definition) is 6. The van der Waals surface area contributed by atoms with E-state index in [1.54, 1.807) is 18.2 Å². The molecule has 1 unspecified atom stereocenters. The second-order valence-corrected chi connectivity index (χ2v) is 6.97. The molecule has 1 heterocycles. The number of rotatable bonds is 5. The lowest BCUT2D eigenvalue weighted by molar-refractivity contribution is -0.149. The molecule has 0 radical (unpaired) electrons. The summed E-state index contributed by atoms with van der Waals surface area (Å²) in [5.41, 5.74) is 0.480. The standard InChI is InChI=1S/C15H17NO5S2/c1-8(17)12(22)6-13(19)16-10(15(20)21)7-23-14(16)9-4-2-3-5-11(9)18/h2-5,10,12,14,18,22H,6-7H2,1H3,(H,20,21)/t10-,12?,14+/m0/s1. The molecule has 1 aliphatic heterocycles. The maximum Gasteiger partial charge on any atom is 0.327 e. The van der Waals surface area contributed by atoms with E-state index in [9.17, 15) is 24.6 Å². The Morgan fingerprint density at radius 2 is 2.04 bits per heavy atom. The summed E-state index contributed by atoms with van der Waals surface area (Å²) in [6, 6.07) is 5.51. The number of aromatic hydroxyl groups is 1. The minimum atomic E-state index is -1.11. The van der Waals surface area contributed by atoms with Crippen LogP contribution in [0.15, 0.2) is 24.3 Å². The molecular weight excluding hydrogens is 338 g/mol. The predicted octanol–water partition coefficient (Wildman–Crippen LogP) is 1.70. The summed E-state index contributed by atoms with van der Waals surface area (Å²) in [6.45, 7) is 1.33. The number of aliphatic carboxylic acids is 1. The van der Waals surface area contributed by atoms with Crippen molar-refractivity contribution in [3.63, 3.8) is 0 Å². The topological polar surface area (TPSA) is 94.9 Å². The van der Waals surface area contributed by atoms with Crippen molar-refractivity contribution in [2.24, 2.45) is 0 Å². The Balaban J connectivity index is 2.31. The van der Waals surface area contributed by atoms with E-state index in [1.165, 1.54) is 29.7 Å². The van der Waals surface area contributed by atoms with Gasteiger partial charge in [0.05, 0.1) is 5.25 Å². The summed E-state index contributed by atoms with van der Waals surface area (Å²) in [5, 5.41) is 18.0. The average Bonchev–Trinajstić information content (AvgIpc) is 2.92. The van der Waals surface area contributed by atoms with Crippen LogP contribution in [0.4, 0.5) is 0 Å². The van der Waals surface area contributed by atoms with Crippen LogP contribution in [-0.2, 0) is 14.4 Å². The van der Waals surface area contributed by atoms with E-state index in [2.05, 4.69) is 12.6 Å². The molecule has 0 bridgehead atoms. The molecule has 1 aliphatic rings. The van der Waals surface area contributed by atoms with Crippen LogP contribution in [0.2, 0.25) is 0 Å². The van der Waals surface area contributed by atoms with Crippen molar-refractivity contribution in [3.8, 4) is 5.75 Å². The number of amides is 1. The summed E-state index contributed by atoms with van der Waals surface area (Å²) < 4.78 is 0. The number of carboxylic acids is 1. The first-order valence-electron chi connectivity index (χ1n) is 6.95. The van der Waals surface area contributed by atoms with Gasteiger partial charge >= 0.3 is 5.97 Å². The van der Waals surface area contributed by atoms with Crippen molar-refractivity contribution in [2.75, 3.05) is 5.75 Å². The molecule has 3 atom stereocenters. The number of hydrogen-bond donors (Lipinski definition) is 3. The van der Waals surface area contributed by atoms with Gasteiger partial charge < -0.3 is 15.1 Å². The van der Waals surface area contributed by atoms with Crippen molar-refractivity contribution in [1.29, 1.82) is 0 Å². The molecule has 1 aromatic carbocycles. The number of thiol groups is 1. The van der Waals surface area contributed by atoms with Gasteiger partial charge in [0.25, 0.3) is 0 Å². The number of carboxylic acid groups (broad SMARTS) is 1. The van der Waals surface area contributed by atoms with Crippen LogP contribution in [0.5, 0.6) is 5.75 Å². The normalized spacial score (nSPS) is 21.9. The molecule has 1 amide bonds. The Bertz CT molecular complexity index is 636. The molecule has 0 aromatic heterocycles. The van der Waals surface area contributed by atoms with Gasteiger partial charge in [-0.3, -0.25) is 9.59 Å². The van der Waals surface area contributed by atoms with Crippen LogP contribution < -0.4 is 0 Å². The van der Waals surface area contributed by atoms with Gasteiger partial charge in [0.2, 0.25) is 5.91 Å². The molecule has 0 saturated carbocycles. The van der Waals surface area contributed by atoms with E-state index in [0.717, 1.165) is 0 Å². The van der Waals surface area contributed by atoms with Gasteiger partial charge in [0.15, 0.2) is 0 Å². The number of thioether (sulfide) groups is 1. The van der Waals surface area contributed by atoms with Gasteiger partial charge in [-0.25, -0.2) is 4.79 Å². The molecule has 2 N–H and O–H groups in total. The number of Topliss-reactive ketones (excluding diaryl/α,β-unsaturated/α-hetero) is 1. The Hall–Kier alpha value is -1.67.